The van der Waals surface area contributed by atoms with Gasteiger partial charge in [-0.25, -0.2) is 4.79 Å². The van der Waals surface area contributed by atoms with E-state index in [9.17, 15) is 4.79 Å². The maximum Gasteiger partial charge on any atom is 0.320 e. The van der Waals surface area contributed by atoms with Crippen LogP contribution < -0.4 is 24.8 Å². The van der Waals surface area contributed by atoms with Crippen LogP contribution in [0.4, 0.5) is 10.5 Å². The fraction of sp³-hybridized carbons (Fsp3) is 0.350. The largest absolute Gasteiger partial charge is 0.493 e. The number of anilines is 1. The third-order valence-electron chi connectivity index (χ3n) is 3.97. The van der Waals surface area contributed by atoms with Crippen molar-refractivity contribution in [3.63, 3.8) is 0 Å². The number of para-hydroxylation sites is 2. The Kier molecular flexibility index (Phi) is 6.33. The maximum absolute atomic E-state index is 12.5. The van der Waals surface area contributed by atoms with Crippen LogP contribution in [0, 0.1) is 0 Å². The number of amides is 2. The Balaban J connectivity index is 2.15. The lowest BCUT2D eigenvalue weighted by Crippen LogP contribution is -2.43. The number of rotatable bonds is 7. The van der Waals surface area contributed by atoms with E-state index in [0.717, 1.165) is 5.56 Å². The van der Waals surface area contributed by atoms with Crippen molar-refractivity contribution >= 4 is 11.7 Å². The summed E-state index contributed by atoms with van der Waals surface area (Å²) in [7, 11) is 3.17. The smallest absolute Gasteiger partial charge is 0.320 e. The molecule has 0 heterocycles. The fourth-order valence-electron chi connectivity index (χ4n) is 2.59. The predicted molar refractivity (Wildman–Crippen MR) is 102 cm³/mol. The van der Waals surface area contributed by atoms with Gasteiger partial charge in [0, 0.05) is 0 Å². The van der Waals surface area contributed by atoms with Gasteiger partial charge in [-0.05, 0) is 50.6 Å². The van der Waals surface area contributed by atoms with Crippen molar-refractivity contribution in [3.05, 3.63) is 48.0 Å². The van der Waals surface area contributed by atoms with Crippen molar-refractivity contribution in [1.82, 2.24) is 5.32 Å². The minimum atomic E-state index is -0.621. The molecule has 0 radical (unpaired) electrons. The summed E-state index contributed by atoms with van der Waals surface area (Å²) < 4.78 is 16.1. The van der Waals surface area contributed by atoms with Crippen LogP contribution in [0.5, 0.6) is 17.2 Å². The zero-order valence-electron chi connectivity index (χ0n) is 15.9. The lowest BCUT2D eigenvalue weighted by atomic mass is 9.94. The van der Waals surface area contributed by atoms with E-state index in [-0.39, 0.29) is 6.03 Å². The van der Waals surface area contributed by atoms with Crippen LogP contribution in [-0.4, -0.2) is 26.9 Å². The first-order chi connectivity index (χ1) is 12.4. The summed E-state index contributed by atoms with van der Waals surface area (Å²) in [6.07, 6.45) is 0. The van der Waals surface area contributed by atoms with Crippen molar-refractivity contribution in [1.29, 1.82) is 0 Å². The monoisotopic (exact) mass is 358 g/mol. The number of hydrogen-bond acceptors (Lipinski definition) is 4. The lowest BCUT2D eigenvalue weighted by molar-refractivity contribution is 0.241. The van der Waals surface area contributed by atoms with Gasteiger partial charge in [-0.3, -0.25) is 0 Å². The zero-order chi connectivity index (χ0) is 19.2. The first kappa shape index (κ1) is 19.4. The van der Waals surface area contributed by atoms with E-state index < -0.39 is 5.54 Å². The molecule has 0 aliphatic rings. The highest BCUT2D eigenvalue weighted by atomic mass is 16.5. The van der Waals surface area contributed by atoms with Gasteiger partial charge < -0.3 is 24.8 Å². The number of ether oxygens (including phenoxy) is 3. The number of urea groups is 1. The number of nitrogens with one attached hydrogen (secondary N) is 2. The minimum absolute atomic E-state index is 0.322. The third-order valence-corrected chi connectivity index (χ3v) is 3.97. The number of carbonyl (C=O) groups is 1. The Hall–Kier alpha value is -2.89. The van der Waals surface area contributed by atoms with Gasteiger partial charge in [0.15, 0.2) is 11.5 Å². The Bertz CT molecular complexity index is 759. The van der Waals surface area contributed by atoms with E-state index >= 15 is 0 Å². The second kappa shape index (κ2) is 8.47. The normalized spacial score (nSPS) is 10.8. The third kappa shape index (κ3) is 4.59. The lowest BCUT2D eigenvalue weighted by Gasteiger charge is -2.28. The molecule has 0 saturated carbocycles. The Labute approximate surface area is 154 Å². The van der Waals surface area contributed by atoms with E-state index in [4.69, 9.17) is 14.2 Å². The Morgan fingerprint density at radius 1 is 1.00 bits per heavy atom. The molecule has 0 bridgehead atoms. The van der Waals surface area contributed by atoms with E-state index in [1.807, 2.05) is 57.2 Å². The summed E-state index contributed by atoms with van der Waals surface area (Å²) in [5, 5.41) is 5.82. The van der Waals surface area contributed by atoms with Crippen molar-refractivity contribution in [2.24, 2.45) is 0 Å². The molecular formula is C20H26N2O4. The highest BCUT2D eigenvalue weighted by Crippen LogP contribution is 2.32. The van der Waals surface area contributed by atoms with Crippen LogP contribution in [0.1, 0.15) is 26.3 Å². The molecule has 2 aromatic rings. The summed E-state index contributed by atoms with van der Waals surface area (Å²) in [6.45, 7) is 6.26. The second-order valence-electron chi connectivity index (χ2n) is 6.20. The predicted octanol–water partition coefficient (Wildman–Crippen LogP) is 4.16. The van der Waals surface area contributed by atoms with Crippen LogP contribution in [0.2, 0.25) is 0 Å². The average molecular weight is 358 g/mol. The molecule has 0 saturated heterocycles. The molecule has 0 spiro atoms. The topological polar surface area (TPSA) is 68.8 Å². The van der Waals surface area contributed by atoms with E-state index in [0.29, 0.717) is 29.5 Å². The Morgan fingerprint density at radius 3 is 2.35 bits per heavy atom. The number of benzene rings is 2. The van der Waals surface area contributed by atoms with E-state index in [1.54, 1.807) is 20.3 Å². The molecule has 0 aromatic heterocycles. The van der Waals surface area contributed by atoms with Gasteiger partial charge in [0.25, 0.3) is 0 Å². The molecule has 0 aliphatic heterocycles. The molecule has 0 fully saturated rings. The van der Waals surface area contributed by atoms with Crippen molar-refractivity contribution in [2.45, 2.75) is 26.3 Å². The first-order valence-electron chi connectivity index (χ1n) is 8.44. The summed E-state index contributed by atoms with van der Waals surface area (Å²) in [4.78, 5) is 12.5. The average Bonchev–Trinajstić information content (AvgIpc) is 2.62. The van der Waals surface area contributed by atoms with Crippen molar-refractivity contribution < 1.29 is 19.0 Å². The molecule has 0 aliphatic carbocycles. The quantitative estimate of drug-likeness (QED) is 0.780. The summed E-state index contributed by atoms with van der Waals surface area (Å²) in [6, 6.07) is 12.6. The Morgan fingerprint density at radius 2 is 1.69 bits per heavy atom. The molecule has 2 N–H and O–H groups in total. The SMILES string of the molecule is CCOc1ccccc1NC(=O)NC(C)(C)c1ccc(OC)c(OC)c1. The van der Waals surface area contributed by atoms with Gasteiger partial charge in [0.05, 0.1) is 32.1 Å². The number of methoxy groups -OCH3 is 2. The molecule has 6 heteroatoms. The van der Waals surface area contributed by atoms with Crippen LogP contribution in [0.15, 0.2) is 42.5 Å². The molecule has 2 rings (SSSR count). The standard InChI is InChI=1S/C20H26N2O4/c1-6-26-16-10-8-7-9-15(16)21-19(23)22-20(2,3)14-11-12-17(24-4)18(13-14)25-5/h7-13H,6H2,1-5H3,(H2,21,22,23). The van der Waals surface area contributed by atoms with Gasteiger partial charge in [0.1, 0.15) is 5.75 Å². The maximum atomic E-state index is 12.5. The summed E-state index contributed by atoms with van der Waals surface area (Å²) in [5.41, 5.74) is 0.892. The zero-order valence-corrected chi connectivity index (χ0v) is 15.9. The highest BCUT2D eigenvalue weighted by molar-refractivity contribution is 5.91. The minimum Gasteiger partial charge on any atom is -0.493 e. The molecule has 2 amide bonds. The van der Waals surface area contributed by atoms with Gasteiger partial charge >= 0.3 is 6.03 Å². The number of hydrogen-bond donors (Lipinski definition) is 2. The molecule has 6 nitrogen and oxygen atoms in total. The fourth-order valence-corrected chi connectivity index (χ4v) is 2.59. The summed E-state index contributed by atoms with van der Waals surface area (Å²) in [5.74, 6) is 1.89. The highest BCUT2D eigenvalue weighted by Gasteiger charge is 2.24. The first-order valence-corrected chi connectivity index (χ1v) is 8.44. The van der Waals surface area contributed by atoms with Gasteiger partial charge in [-0.2, -0.15) is 0 Å². The van der Waals surface area contributed by atoms with Gasteiger partial charge in [0.2, 0.25) is 0 Å². The van der Waals surface area contributed by atoms with E-state index in [1.165, 1.54) is 0 Å². The molecule has 140 valence electrons. The summed E-state index contributed by atoms with van der Waals surface area (Å²) >= 11 is 0. The van der Waals surface area contributed by atoms with Crippen molar-refractivity contribution in [2.75, 3.05) is 26.1 Å². The second-order valence-corrected chi connectivity index (χ2v) is 6.20. The van der Waals surface area contributed by atoms with Gasteiger partial charge in [-0.15, -0.1) is 0 Å². The van der Waals surface area contributed by atoms with Crippen LogP contribution in [-0.2, 0) is 5.54 Å². The molecule has 0 unspecified atom stereocenters. The molecule has 0 atom stereocenters. The molecule has 26 heavy (non-hydrogen) atoms. The van der Waals surface area contributed by atoms with Crippen LogP contribution in [0.25, 0.3) is 0 Å². The molecule has 2 aromatic carbocycles. The van der Waals surface area contributed by atoms with Crippen molar-refractivity contribution in [3.8, 4) is 17.2 Å². The van der Waals surface area contributed by atoms with Gasteiger partial charge in [-0.1, -0.05) is 18.2 Å². The molecular weight excluding hydrogens is 332 g/mol. The number of carbonyl (C=O) groups excluding carboxylic acids is 1. The van der Waals surface area contributed by atoms with Crippen LogP contribution in [0.3, 0.4) is 0 Å². The van der Waals surface area contributed by atoms with E-state index in [2.05, 4.69) is 10.6 Å². The van der Waals surface area contributed by atoms with Crippen LogP contribution >= 0.6 is 0 Å².